The molecule has 0 amide bonds. The molecule has 11 heavy (non-hydrogen) atoms. The van der Waals surface area contributed by atoms with E-state index in [0.29, 0.717) is 0 Å². The number of hydrogen-bond acceptors (Lipinski definition) is 1. The van der Waals surface area contributed by atoms with Crippen molar-refractivity contribution in [2.24, 2.45) is 5.92 Å². The Balaban J connectivity index is 2.25. The number of nitrogens with zero attached hydrogens (tertiary/aromatic N) is 1. The molecule has 0 aromatic rings. The van der Waals surface area contributed by atoms with Crippen molar-refractivity contribution >= 4 is 0 Å². The lowest BCUT2D eigenvalue weighted by Crippen LogP contribution is -2.03. The molecular weight excluding hydrogens is 134 g/mol. The summed E-state index contributed by atoms with van der Waals surface area (Å²) in [5.41, 5.74) is 1.53. The van der Waals surface area contributed by atoms with Crippen LogP contribution in [0.3, 0.4) is 0 Å². The summed E-state index contributed by atoms with van der Waals surface area (Å²) in [5.74, 6) is 0.790. The van der Waals surface area contributed by atoms with Crippen molar-refractivity contribution in [3.8, 4) is 6.07 Å². The van der Waals surface area contributed by atoms with E-state index in [1.54, 1.807) is 0 Å². The predicted molar refractivity (Wildman–Crippen MR) is 45.9 cm³/mol. The van der Waals surface area contributed by atoms with Crippen LogP contribution < -0.4 is 0 Å². The summed E-state index contributed by atoms with van der Waals surface area (Å²) < 4.78 is 0. The molecule has 60 valence electrons. The molecule has 1 heteroatoms. The fraction of sp³-hybridized carbons (Fsp3) is 0.700. The lowest BCUT2D eigenvalue weighted by atomic mass is 9.87. The molecule has 1 aliphatic carbocycles. The van der Waals surface area contributed by atoms with Crippen LogP contribution in [0.4, 0.5) is 0 Å². The molecule has 1 aliphatic rings. The van der Waals surface area contributed by atoms with Crippen molar-refractivity contribution in [3.05, 3.63) is 11.6 Å². The second kappa shape index (κ2) is 4.18. The lowest BCUT2D eigenvalue weighted by molar-refractivity contribution is 0.442. The molecule has 0 aromatic heterocycles. The Kier molecular flexibility index (Phi) is 3.16. The summed E-state index contributed by atoms with van der Waals surface area (Å²) in [4.78, 5) is 0. The number of hydrogen-bond donors (Lipinski definition) is 0. The highest BCUT2D eigenvalue weighted by molar-refractivity contribution is 5.02. The van der Waals surface area contributed by atoms with Crippen LogP contribution in [0.2, 0.25) is 0 Å². The first-order valence-electron chi connectivity index (χ1n) is 4.35. The van der Waals surface area contributed by atoms with Crippen LogP contribution in [0, 0.1) is 17.2 Å². The van der Waals surface area contributed by atoms with E-state index < -0.39 is 0 Å². The Bertz CT molecular complexity index is 186. The van der Waals surface area contributed by atoms with Gasteiger partial charge < -0.3 is 0 Å². The van der Waals surface area contributed by atoms with Gasteiger partial charge in [0.25, 0.3) is 0 Å². The standard InChI is InChI=1S/C10H15N/c1-9-4-6-10(7-5-9)3-2-8-11/h4,10H,2-3,5-7H2,1H3. The van der Waals surface area contributed by atoms with Crippen molar-refractivity contribution in [3.63, 3.8) is 0 Å². The van der Waals surface area contributed by atoms with E-state index in [1.165, 1.54) is 24.8 Å². The van der Waals surface area contributed by atoms with Crippen molar-refractivity contribution in [2.75, 3.05) is 0 Å². The monoisotopic (exact) mass is 149 g/mol. The van der Waals surface area contributed by atoms with E-state index in [-0.39, 0.29) is 0 Å². The second-order valence-corrected chi connectivity index (χ2v) is 3.39. The van der Waals surface area contributed by atoms with Crippen molar-refractivity contribution < 1.29 is 0 Å². The molecule has 0 bridgehead atoms. The number of rotatable bonds is 2. The first-order chi connectivity index (χ1) is 5.33. The minimum Gasteiger partial charge on any atom is -0.198 e. The van der Waals surface area contributed by atoms with Gasteiger partial charge in [-0.15, -0.1) is 0 Å². The van der Waals surface area contributed by atoms with E-state index in [9.17, 15) is 0 Å². The van der Waals surface area contributed by atoms with Crippen LogP contribution in [0.5, 0.6) is 0 Å². The molecule has 1 rings (SSSR count). The lowest BCUT2D eigenvalue weighted by Gasteiger charge is -2.18. The molecule has 0 N–H and O–H groups in total. The predicted octanol–water partition coefficient (Wildman–Crippen LogP) is 3.04. The van der Waals surface area contributed by atoms with Gasteiger partial charge in [-0.2, -0.15) is 5.26 Å². The van der Waals surface area contributed by atoms with Crippen molar-refractivity contribution in [2.45, 2.75) is 39.0 Å². The first-order valence-corrected chi connectivity index (χ1v) is 4.35. The fourth-order valence-corrected chi connectivity index (χ4v) is 1.55. The number of nitriles is 1. The fourth-order valence-electron chi connectivity index (χ4n) is 1.55. The Morgan fingerprint density at radius 2 is 2.55 bits per heavy atom. The van der Waals surface area contributed by atoms with Crippen LogP contribution in [0.15, 0.2) is 11.6 Å². The van der Waals surface area contributed by atoms with Crippen molar-refractivity contribution in [1.82, 2.24) is 0 Å². The number of allylic oxidation sites excluding steroid dienone is 2. The summed E-state index contributed by atoms with van der Waals surface area (Å²) in [6, 6.07) is 2.21. The van der Waals surface area contributed by atoms with Crippen LogP contribution in [-0.2, 0) is 0 Å². The first kappa shape index (κ1) is 8.33. The molecule has 1 nitrogen and oxygen atoms in total. The van der Waals surface area contributed by atoms with E-state index in [4.69, 9.17) is 5.26 Å². The highest BCUT2D eigenvalue weighted by Crippen LogP contribution is 2.26. The quantitative estimate of drug-likeness (QED) is 0.553. The third-order valence-corrected chi connectivity index (χ3v) is 2.41. The topological polar surface area (TPSA) is 23.8 Å². The Hall–Kier alpha value is -0.770. The van der Waals surface area contributed by atoms with Gasteiger partial charge in [-0.1, -0.05) is 11.6 Å². The van der Waals surface area contributed by atoms with Gasteiger partial charge in [0.15, 0.2) is 0 Å². The van der Waals surface area contributed by atoms with Crippen LogP contribution in [0.1, 0.15) is 39.0 Å². The summed E-state index contributed by atoms with van der Waals surface area (Å²) in [5, 5.41) is 8.38. The molecule has 0 heterocycles. The van der Waals surface area contributed by atoms with Gasteiger partial charge in [-0.3, -0.25) is 0 Å². The zero-order chi connectivity index (χ0) is 8.10. The molecule has 1 unspecified atom stereocenters. The summed E-state index contributed by atoms with van der Waals surface area (Å²) in [7, 11) is 0. The van der Waals surface area contributed by atoms with Gasteiger partial charge >= 0.3 is 0 Å². The molecule has 0 spiro atoms. The Morgan fingerprint density at radius 3 is 3.09 bits per heavy atom. The molecule has 0 fully saturated rings. The van der Waals surface area contributed by atoms with Crippen LogP contribution in [-0.4, -0.2) is 0 Å². The summed E-state index contributed by atoms with van der Waals surface area (Å²) in [6.07, 6.45) is 7.90. The minimum atomic E-state index is 0.734. The second-order valence-electron chi connectivity index (χ2n) is 3.39. The zero-order valence-corrected chi connectivity index (χ0v) is 7.14. The smallest absolute Gasteiger partial charge is 0.0621 e. The average Bonchev–Trinajstić information content (AvgIpc) is 2.04. The Labute approximate surface area is 68.7 Å². The van der Waals surface area contributed by atoms with Gasteiger partial charge in [-0.05, 0) is 38.5 Å². The average molecular weight is 149 g/mol. The van der Waals surface area contributed by atoms with Gasteiger partial charge in [0.2, 0.25) is 0 Å². The maximum atomic E-state index is 8.38. The van der Waals surface area contributed by atoms with Gasteiger partial charge in [0, 0.05) is 6.42 Å². The van der Waals surface area contributed by atoms with E-state index in [2.05, 4.69) is 19.1 Å². The molecule has 0 saturated carbocycles. The largest absolute Gasteiger partial charge is 0.198 e. The normalized spacial score (nSPS) is 24.0. The summed E-state index contributed by atoms with van der Waals surface area (Å²) >= 11 is 0. The maximum absolute atomic E-state index is 8.38. The zero-order valence-electron chi connectivity index (χ0n) is 7.14. The third-order valence-electron chi connectivity index (χ3n) is 2.41. The van der Waals surface area contributed by atoms with E-state index >= 15 is 0 Å². The van der Waals surface area contributed by atoms with Crippen LogP contribution >= 0.6 is 0 Å². The van der Waals surface area contributed by atoms with E-state index in [0.717, 1.165) is 18.8 Å². The highest BCUT2D eigenvalue weighted by atomic mass is 14.2. The highest BCUT2D eigenvalue weighted by Gasteiger charge is 2.11. The molecule has 0 saturated heterocycles. The minimum absolute atomic E-state index is 0.734. The molecule has 0 aromatic carbocycles. The summed E-state index contributed by atoms with van der Waals surface area (Å²) in [6.45, 7) is 2.19. The maximum Gasteiger partial charge on any atom is 0.0621 e. The van der Waals surface area contributed by atoms with Crippen LogP contribution in [0.25, 0.3) is 0 Å². The molecule has 0 aliphatic heterocycles. The Morgan fingerprint density at radius 1 is 1.73 bits per heavy atom. The van der Waals surface area contributed by atoms with Gasteiger partial charge in [0.1, 0.15) is 0 Å². The van der Waals surface area contributed by atoms with Gasteiger partial charge in [-0.25, -0.2) is 0 Å². The SMILES string of the molecule is CC1=CCC(CCC#N)CC1. The molecule has 1 atom stereocenters. The van der Waals surface area contributed by atoms with Gasteiger partial charge in [0.05, 0.1) is 6.07 Å². The molecular formula is C10H15N. The third kappa shape index (κ3) is 2.76. The van der Waals surface area contributed by atoms with Crippen molar-refractivity contribution in [1.29, 1.82) is 5.26 Å². The molecule has 0 radical (unpaired) electrons. The van der Waals surface area contributed by atoms with E-state index in [1.807, 2.05) is 0 Å².